The molecule has 0 radical (unpaired) electrons. The van der Waals surface area contributed by atoms with Crippen molar-refractivity contribution >= 4 is 46.3 Å². The van der Waals surface area contributed by atoms with Crippen molar-refractivity contribution in [2.75, 3.05) is 11.1 Å². The molecule has 148 valence electrons. The van der Waals surface area contributed by atoms with E-state index < -0.39 is 0 Å². The van der Waals surface area contributed by atoms with Crippen molar-refractivity contribution in [3.8, 4) is 22.5 Å². The third-order valence-corrected chi connectivity index (χ3v) is 6.20. The Labute approximate surface area is 186 Å². The highest BCUT2D eigenvalue weighted by Crippen LogP contribution is 2.30. The highest BCUT2D eigenvalue weighted by molar-refractivity contribution is 7.99. The number of hydrogen-bond donors (Lipinski definition) is 1. The second-order valence-corrected chi connectivity index (χ2v) is 8.40. The number of carbonyl (C=O) groups excluding carboxylic acids is 1. The molecule has 0 saturated heterocycles. The predicted molar refractivity (Wildman–Crippen MR) is 120 cm³/mol. The summed E-state index contributed by atoms with van der Waals surface area (Å²) in [6.07, 6.45) is 0. The van der Waals surface area contributed by atoms with Gasteiger partial charge >= 0.3 is 0 Å². The minimum absolute atomic E-state index is 0.146. The van der Waals surface area contributed by atoms with E-state index in [2.05, 4.69) is 15.5 Å². The Morgan fingerprint density at radius 1 is 1.17 bits per heavy atom. The molecule has 1 amide bonds. The summed E-state index contributed by atoms with van der Waals surface area (Å²) in [4.78, 5) is 13.4. The van der Waals surface area contributed by atoms with Crippen molar-refractivity contribution in [3.05, 3.63) is 76.6 Å². The van der Waals surface area contributed by atoms with Gasteiger partial charge in [-0.1, -0.05) is 47.6 Å². The Bertz CT molecular complexity index is 1220. The predicted octanol–water partition coefficient (Wildman–Crippen LogP) is 5.25. The van der Waals surface area contributed by atoms with Crippen LogP contribution in [-0.2, 0) is 4.79 Å². The van der Waals surface area contributed by atoms with Gasteiger partial charge in [-0.2, -0.15) is 5.26 Å². The van der Waals surface area contributed by atoms with Crippen molar-refractivity contribution in [2.24, 2.45) is 0 Å². The van der Waals surface area contributed by atoms with Crippen molar-refractivity contribution in [3.63, 3.8) is 0 Å². The molecule has 0 aliphatic heterocycles. The first kappa shape index (κ1) is 20.2. The summed E-state index contributed by atoms with van der Waals surface area (Å²) >= 11 is 8.90. The molecule has 4 aromatic rings. The molecule has 0 fully saturated rings. The van der Waals surface area contributed by atoms with Gasteiger partial charge in [0.1, 0.15) is 6.07 Å². The number of rotatable bonds is 6. The highest BCUT2D eigenvalue weighted by atomic mass is 35.5. The van der Waals surface area contributed by atoms with Gasteiger partial charge in [0.25, 0.3) is 0 Å². The monoisotopic (exact) mass is 451 g/mol. The average molecular weight is 452 g/mol. The quantitative estimate of drug-likeness (QED) is 0.404. The lowest BCUT2D eigenvalue weighted by Gasteiger charge is -2.10. The van der Waals surface area contributed by atoms with E-state index in [1.54, 1.807) is 29.5 Å². The molecule has 0 unspecified atom stereocenters. The molecule has 6 nitrogen and oxygen atoms in total. The fourth-order valence-corrected chi connectivity index (χ4v) is 4.42. The van der Waals surface area contributed by atoms with Crippen LogP contribution in [0.5, 0.6) is 0 Å². The van der Waals surface area contributed by atoms with Crippen LogP contribution in [0.25, 0.3) is 16.4 Å². The number of nitrogens with zero attached hydrogens (tertiary/aromatic N) is 4. The van der Waals surface area contributed by atoms with Crippen LogP contribution in [-0.4, -0.2) is 26.4 Å². The molecule has 0 aliphatic carbocycles. The topological polar surface area (TPSA) is 83.6 Å². The van der Waals surface area contributed by atoms with Crippen molar-refractivity contribution in [1.29, 1.82) is 5.26 Å². The van der Waals surface area contributed by atoms with E-state index in [9.17, 15) is 4.79 Å². The molecule has 0 atom stereocenters. The highest BCUT2D eigenvalue weighted by Gasteiger charge is 2.18. The van der Waals surface area contributed by atoms with Crippen LogP contribution in [0, 0.1) is 11.3 Å². The first-order chi connectivity index (χ1) is 14.7. The number of halogens is 1. The van der Waals surface area contributed by atoms with Crippen LogP contribution in [0.3, 0.4) is 0 Å². The van der Waals surface area contributed by atoms with Crippen LogP contribution in [0.15, 0.2) is 71.2 Å². The second-order valence-electron chi connectivity index (χ2n) is 6.10. The van der Waals surface area contributed by atoms with E-state index in [-0.39, 0.29) is 11.7 Å². The summed E-state index contributed by atoms with van der Waals surface area (Å²) in [5, 5.41) is 23.3. The van der Waals surface area contributed by atoms with Gasteiger partial charge < -0.3 is 5.32 Å². The first-order valence-corrected chi connectivity index (χ1v) is 11.1. The maximum Gasteiger partial charge on any atom is 0.234 e. The number of anilines is 1. The number of amides is 1. The molecule has 0 saturated carbocycles. The molecule has 2 aromatic heterocycles. The van der Waals surface area contributed by atoms with Crippen LogP contribution < -0.4 is 5.32 Å². The SMILES string of the molecule is N#Cc1ccc(NC(=O)CSc2nnc(-c3cccs3)n2-c2ccccc2)cc1Cl. The maximum atomic E-state index is 12.4. The standard InChI is InChI=1S/C21H14ClN5OS2/c22-17-11-15(9-8-14(17)12-23)24-19(28)13-30-21-26-25-20(18-7-4-10-29-18)27(21)16-5-2-1-3-6-16/h1-11H,13H2,(H,24,28). The lowest BCUT2D eigenvalue weighted by Crippen LogP contribution is -2.14. The molecule has 2 aromatic carbocycles. The Morgan fingerprint density at radius 2 is 2.00 bits per heavy atom. The van der Waals surface area contributed by atoms with E-state index in [1.165, 1.54) is 11.8 Å². The zero-order valence-electron chi connectivity index (χ0n) is 15.4. The van der Waals surface area contributed by atoms with E-state index in [4.69, 9.17) is 16.9 Å². The minimum atomic E-state index is -0.207. The zero-order chi connectivity index (χ0) is 20.9. The van der Waals surface area contributed by atoms with Crippen LogP contribution >= 0.6 is 34.7 Å². The Kier molecular flexibility index (Phi) is 6.14. The molecular formula is C21H14ClN5OS2. The van der Waals surface area contributed by atoms with Gasteiger partial charge in [-0.05, 0) is 41.8 Å². The number of thiophene rings is 1. The summed E-state index contributed by atoms with van der Waals surface area (Å²) in [6.45, 7) is 0. The average Bonchev–Trinajstić information content (AvgIpc) is 3.43. The molecule has 0 bridgehead atoms. The van der Waals surface area contributed by atoms with Gasteiger partial charge in [-0.15, -0.1) is 21.5 Å². The number of nitrogens with one attached hydrogen (secondary N) is 1. The van der Waals surface area contributed by atoms with Gasteiger partial charge in [0, 0.05) is 11.4 Å². The first-order valence-electron chi connectivity index (χ1n) is 8.82. The van der Waals surface area contributed by atoms with Crippen molar-refractivity contribution in [2.45, 2.75) is 5.16 Å². The van der Waals surface area contributed by atoms with Crippen LogP contribution in [0.1, 0.15) is 5.56 Å². The largest absolute Gasteiger partial charge is 0.325 e. The fourth-order valence-electron chi connectivity index (χ4n) is 2.75. The number of carbonyl (C=O) groups is 1. The molecule has 0 aliphatic rings. The number of aromatic nitrogens is 3. The Balaban J connectivity index is 1.53. The van der Waals surface area contributed by atoms with Gasteiger partial charge in [0.15, 0.2) is 11.0 Å². The van der Waals surface area contributed by atoms with Gasteiger partial charge in [-0.25, -0.2) is 0 Å². The smallest absolute Gasteiger partial charge is 0.234 e. The van der Waals surface area contributed by atoms with Crippen LogP contribution in [0.4, 0.5) is 5.69 Å². The number of hydrogen-bond acceptors (Lipinski definition) is 6. The van der Waals surface area contributed by atoms with E-state index in [0.29, 0.717) is 21.4 Å². The molecule has 1 N–H and O–H groups in total. The van der Waals surface area contributed by atoms with Gasteiger partial charge in [0.05, 0.1) is 21.2 Å². The van der Waals surface area contributed by atoms with E-state index in [0.717, 1.165) is 16.4 Å². The number of para-hydroxylation sites is 1. The summed E-state index contributed by atoms with van der Waals surface area (Å²) in [7, 11) is 0. The number of nitriles is 1. The third kappa shape index (κ3) is 4.39. The molecule has 30 heavy (non-hydrogen) atoms. The van der Waals surface area contributed by atoms with E-state index >= 15 is 0 Å². The summed E-state index contributed by atoms with van der Waals surface area (Å²) in [6, 6.07) is 20.5. The molecule has 4 rings (SSSR count). The number of thioether (sulfide) groups is 1. The van der Waals surface area contributed by atoms with Gasteiger partial charge in [0.2, 0.25) is 5.91 Å². The molecule has 9 heteroatoms. The van der Waals surface area contributed by atoms with E-state index in [1.807, 2.05) is 58.5 Å². The lowest BCUT2D eigenvalue weighted by atomic mass is 10.2. The normalized spacial score (nSPS) is 10.5. The second kappa shape index (κ2) is 9.13. The van der Waals surface area contributed by atoms with Gasteiger partial charge in [-0.3, -0.25) is 9.36 Å². The summed E-state index contributed by atoms with van der Waals surface area (Å²) < 4.78 is 1.95. The lowest BCUT2D eigenvalue weighted by molar-refractivity contribution is -0.113. The fraction of sp³-hybridized carbons (Fsp3) is 0.0476. The molecule has 0 spiro atoms. The minimum Gasteiger partial charge on any atom is -0.325 e. The molecular weight excluding hydrogens is 438 g/mol. The summed E-state index contributed by atoms with van der Waals surface area (Å²) in [5.41, 5.74) is 1.82. The summed E-state index contributed by atoms with van der Waals surface area (Å²) in [5.74, 6) is 0.673. The number of benzene rings is 2. The van der Waals surface area contributed by atoms with Crippen molar-refractivity contribution in [1.82, 2.24) is 14.8 Å². The Hall–Kier alpha value is -3.12. The third-order valence-electron chi connectivity index (χ3n) is 4.09. The van der Waals surface area contributed by atoms with Crippen LogP contribution in [0.2, 0.25) is 5.02 Å². The zero-order valence-corrected chi connectivity index (χ0v) is 17.8. The van der Waals surface area contributed by atoms with Crippen molar-refractivity contribution < 1.29 is 4.79 Å². The Morgan fingerprint density at radius 3 is 2.70 bits per heavy atom. The molecule has 2 heterocycles. The maximum absolute atomic E-state index is 12.4.